The van der Waals surface area contributed by atoms with Gasteiger partial charge in [-0.2, -0.15) is 0 Å². The highest BCUT2D eigenvalue weighted by Crippen LogP contribution is 2.39. The van der Waals surface area contributed by atoms with Gasteiger partial charge in [0, 0.05) is 34.4 Å². The number of aromatic amines is 1. The average Bonchev–Trinajstić information content (AvgIpc) is 3.19. The molecular formula is C26H27ClN2O5S. The van der Waals surface area contributed by atoms with Crippen LogP contribution < -0.4 is 4.74 Å². The maximum atomic E-state index is 13.0. The van der Waals surface area contributed by atoms with Gasteiger partial charge in [0.15, 0.2) is 6.61 Å². The molecule has 1 aliphatic heterocycles. The quantitative estimate of drug-likeness (QED) is 0.363. The number of sulfone groups is 1. The third-order valence-electron chi connectivity index (χ3n) is 5.89. The molecule has 0 bridgehead atoms. The Hall–Kier alpha value is -3.15. The molecule has 9 heteroatoms. The van der Waals surface area contributed by atoms with Gasteiger partial charge in [-0.1, -0.05) is 29.7 Å². The summed E-state index contributed by atoms with van der Waals surface area (Å²) in [6.45, 7) is 2.52. The Balaban J connectivity index is 1.62. The van der Waals surface area contributed by atoms with E-state index in [1.807, 2.05) is 42.5 Å². The Morgan fingerprint density at radius 1 is 1.23 bits per heavy atom. The molecule has 184 valence electrons. The molecule has 3 aromatic rings. The molecule has 0 radical (unpaired) electrons. The van der Waals surface area contributed by atoms with Crippen molar-refractivity contribution >= 4 is 38.4 Å². The van der Waals surface area contributed by atoms with Gasteiger partial charge in [0.2, 0.25) is 0 Å². The minimum Gasteiger partial charge on any atom is -0.494 e. The Kier molecular flexibility index (Phi) is 7.58. The molecule has 0 aliphatic carbocycles. The summed E-state index contributed by atoms with van der Waals surface area (Å²) in [5, 5.41) is 1.71. The molecule has 1 atom stereocenters. The summed E-state index contributed by atoms with van der Waals surface area (Å²) in [5.41, 5.74) is 3.91. The van der Waals surface area contributed by atoms with Crippen molar-refractivity contribution in [1.29, 1.82) is 0 Å². The van der Waals surface area contributed by atoms with Gasteiger partial charge in [-0.25, -0.2) is 13.2 Å². The molecule has 7 nitrogen and oxygen atoms in total. The van der Waals surface area contributed by atoms with Crippen LogP contribution in [0.5, 0.6) is 5.75 Å². The molecule has 0 saturated carbocycles. The van der Waals surface area contributed by atoms with E-state index in [9.17, 15) is 13.2 Å². The van der Waals surface area contributed by atoms with E-state index in [-0.39, 0.29) is 18.4 Å². The van der Waals surface area contributed by atoms with Crippen LogP contribution in [0.3, 0.4) is 0 Å². The number of H-pyrrole nitrogens is 1. The van der Waals surface area contributed by atoms with E-state index < -0.39 is 15.9 Å². The van der Waals surface area contributed by atoms with Gasteiger partial charge in [0.25, 0.3) is 0 Å². The first-order valence-corrected chi connectivity index (χ1v) is 13.7. The van der Waals surface area contributed by atoms with Crippen LogP contribution in [0.4, 0.5) is 4.79 Å². The van der Waals surface area contributed by atoms with Gasteiger partial charge in [-0.15, -0.1) is 5.92 Å². The summed E-state index contributed by atoms with van der Waals surface area (Å²) in [6, 6.07) is 12.8. The number of nitrogens with one attached hydrogen (secondary N) is 1. The smallest absolute Gasteiger partial charge is 0.411 e. The van der Waals surface area contributed by atoms with Crippen LogP contribution in [-0.2, 0) is 21.0 Å². The number of aromatic nitrogens is 1. The highest BCUT2D eigenvalue weighted by Gasteiger charge is 2.35. The van der Waals surface area contributed by atoms with Crippen molar-refractivity contribution in [3.8, 4) is 17.6 Å². The standard InChI is InChI=1S/C26H27ClN2O5S/c1-3-4-14-34-26(30)29-13-12-21-22-17-19(27)8-11-23(22)28-24(21)25(29)18-6-9-20(10-7-18)33-15-5-16-35(2,31)32/h6-11,17,25,28H,5,12-16H2,1-2H3. The maximum Gasteiger partial charge on any atom is 0.411 e. The first-order valence-electron chi connectivity index (χ1n) is 11.3. The van der Waals surface area contributed by atoms with Crippen LogP contribution in [0.15, 0.2) is 42.5 Å². The second kappa shape index (κ2) is 10.6. The SMILES string of the molecule is CC#CCOC(=O)N1CCc2c([nH]c3ccc(Cl)cc23)C1c1ccc(OCCCS(C)(=O)=O)cc1. The highest BCUT2D eigenvalue weighted by atomic mass is 35.5. The second-order valence-corrected chi connectivity index (χ2v) is 11.1. The van der Waals surface area contributed by atoms with Gasteiger partial charge in [0.1, 0.15) is 21.6 Å². The van der Waals surface area contributed by atoms with Crippen LogP contribution in [0.1, 0.15) is 36.2 Å². The molecule has 0 spiro atoms. The number of rotatable bonds is 7. The van der Waals surface area contributed by atoms with Gasteiger partial charge in [-0.3, -0.25) is 4.90 Å². The zero-order valence-electron chi connectivity index (χ0n) is 19.6. The Morgan fingerprint density at radius 2 is 2.00 bits per heavy atom. The number of nitrogens with zero attached hydrogens (tertiary/aromatic N) is 1. The monoisotopic (exact) mass is 514 g/mol. The van der Waals surface area contributed by atoms with E-state index in [4.69, 9.17) is 21.1 Å². The van der Waals surface area contributed by atoms with Crippen LogP contribution >= 0.6 is 11.6 Å². The maximum absolute atomic E-state index is 13.0. The fraction of sp³-hybridized carbons (Fsp3) is 0.346. The van der Waals surface area contributed by atoms with E-state index in [0.717, 1.165) is 27.7 Å². The van der Waals surface area contributed by atoms with E-state index in [1.54, 1.807) is 11.8 Å². The molecule has 1 N–H and O–H groups in total. The largest absolute Gasteiger partial charge is 0.494 e. The summed E-state index contributed by atoms with van der Waals surface area (Å²) in [5.74, 6) is 6.21. The fourth-order valence-electron chi connectivity index (χ4n) is 4.31. The third kappa shape index (κ3) is 5.92. The van der Waals surface area contributed by atoms with Crippen molar-refractivity contribution in [2.75, 3.05) is 31.8 Å². The summed E-state index contributed by atoms with van der Waals surface area (Å²) >= 11 is 6.26. The first-order chi connectivity index (χ1) is 16.8. The van der Waals surface area contributed by atoms with E-state index in [1.165, 1.54) is 6.26 Å². The molecule has 35 heavy (non-hydrogen) atoms. The number of hydrogen-bond acceptors (Lipinski definition) is 5. The zero-order valence-corrected chi connectivity index (χ0v) is 21.2. The predicted octanol–water partition coefficient (Wildman–Crippen LogP) is 4.74. The first kappa shape index (κ1) is 25.0. The summed E-state index contributed by atoms with van der Waals surface area (Å²) in [6.07, 6.45) is 1.87. The lowest BCUT2D eigenvalue weighted by atomic mass is 9.92. The van der Waals surface area contributed by atoms with Crippen molar-refractivity contribution < 1.29 is 22.7 Å². The van der Waals surface area contributed by atoms with Gasteiger partial charge >= 0.3 is 6.09 Å². The Morgan fingerprint density at radius 3 is 2.71 bits per heavy atom. The predicted molar refractivity (Wildman–Crippen MR) is 137 cm³/mol. The number of amides is 1. The molecule has 0 fully saturated rings. The normalized spacial score (nSPS) is 15.3. The van der Waals surface area contributed by atoms with Crippen LogP contribution in [0, 0.1) is 11.8 Å². The van der Waals surface area contributed by atoms with Crippen molar-refractivity contribution in [2.24, 2.45) is 0 Å². The van der Waals surface area contributed by atoms with Crippen LogP contribution in [0.25, 0.3) is 10.9 Å². The van der Waals surface area contributed by atoms with Crippen molar-refractivity contribution in [3.63, 3.8) is 0 Å². The second-order valence-electron chi connectivity index (χ2n) is 8.44. The number of benzene rings is 2. The molecule has 2 heterocycles. The average molecular weight is 515 g/mol. The lowest BCUT2D eigenvalue weighted by Crippen LogP contribution is -2.41. The number of carbonyl (C=O) groups excluding carboxylic acids is 1. The molecular weight excluding hydrogens is 488 g/mol. The number of fused-ring (bicyclic) bond motifs is 3. The summed E-state index contributed by atoms with van der Waals surface area (Å²) in [7, 11) is -3.01. The van der Waals surface area contributed by atoms with Gasteiger partial charge in [0.05, 0.1) is 12.4 Å². The van der Waals surface area contributed by atoms with E-state index in [2.05, 4.69) is 16.8 Å². The molecule has 0 saturated heterocycles. The summed E-state index contributed by atoms with van der Waals surface area (Å²) < 4.78 is 33.7. The number of halogens is 1. The lowest BCUT2D eigenvalue weighted by Gasteiger charge is -2.35. The van der Waals surface area contributed by atoms with Gasteiger partial charge in [-0.05, 0) is 61.2 Å². The van der Waals surface area contributed by atoms with Crippen molar-refractivity contribution in [3.05, 3.63) is 64.3 Å². The molecule has 4 rings (SSSR count). The number of ether oxygens (including phenoxy) is 2. The topological polar surface area (TPSA) is 88.7 Å². The van der Waals surface area contributed by atoms with Crippen LogP contribution in [-0.4, -0.2) is 56.2 Å². The zero-order chi connectivity index (χ0) is 25.0. The minimum absolute atomic E-state index is 0.0357. The van der Waals surface area contributed by atoms with E-state index >= 15 is 0 Å². The fourth-order valence-corrected chi connectivity index (χ4v) is 5.13. The Labute approximate surface area is 210 Å². The van der Waals surface area contributed by atoms with Crippen LogP contribution in [0.2, 0.25) is 5.02 Å². The number of hydrogen-bond donors (Lipinski definition) is 1. The van der Waals surface area contributed by atoms with E-state index in [0.29, 0.717) is 36.8 Å². The van der Waals surface area contributed by atoms with Crippen molar-refractivity contribution in [1.82, 2.24) is 9.88 Å². The minimum atomic E-state index is -3.01. The Bertz CT molecular complexity index is 1390. The third-order valence-corrected chi connectivity index (χ3v) is 7.16. The molecule has 2 aromatic carbocycles. The van der Waals surface area contributed by atoms with Crippen molar-refractivity contribution in [2.45, 2.75) is 25.8 Å². The van der Waals surface area contributed by atoms with Gasteiger partial charge < -0.3 is 14.5 Å². The number of carbonyl (C=O) groups is 1. The highest BCUT2D eigenvalue weighted by molar-refractivity contribution is 7.90. The lowest BCUT2D eigenvalue weighted by molar-refractivity contribution is 0.0993. The molecule has 1 aliphatic rings. The molecule has 1 amide bonds. The summed E-state index contributed by atoms with van der Waals surface area (Å²) in [4.78, 5) is 18.2. The molecule has 1 aromatic heterocycles. The molecule has 1 unspecified atom stereocenters.